The average Bonchev–Trinajstić information content (AvgIpc) is 2.46. The zero-order valence-corrected chi connectivity index (χ0v) is 10.9. The fourth-order valence-electron chi connectivity index (χ4n) is 1.73. The van der Waals surface area contributed by atoms with E-state index >= 15 is 0 Å². The molecule has 0 aliphatic carbocycles. The molecule has 0 bridgehead atoms. The highest BCUT2D eigenvalue weighted by molar-refractivity contribution is 5.93. The maximum absolute atomic E-state index is 11.2. The van der Waals surface area contributed by atoms with Gasteiger partial charge in [-0.05, 0) is 12.1 Å². The van der Waals surface area contributed by atoms with E-state index in [2.05, 4.69) is 20.6 Å². The number of carboxylic acids is 1. The molecule has 0 unspecified atom stereocenters. The molecule has 1 aromatic carbocycles. The molecule has 7 heteroatoms. The van der Waals surface area contributed by atoms with Gasteiger partial charge in [0.1, 0.15) is 5.82 Å². The van der Waals surface area contributed by atoms with Crippen LogP contribution in [0.15, 0.2) is 24.3 Å². The van der Waals surface area contributed by atoms with Crippen LogP contribution in [0.5, 0.6) is 0 Å². The number of aromatic nitrogens is 2. The van der Waals surface area contributed by atoms with Gasteiger partial charge in [-0.2, -0.15) is 0 Å². The topological polar surface area (TPSA) is 104 Å². The van der Waals surface area contributed by atoms with E-state index in [9.17, 15) is 9.59 Å². The largest absolute Gasteiger partial charge is 0.475 e. The lowest BCUT2D eigenvalue weighted by atomic mass is 10.2. The second kappa shape index (κ2) is 5.96. The molecular weight excluding hydrogens is 260 g/mol. The Labute approximate surface area is 115 Å². The predicted molar refractivity (Wildman–Crippen MR) is 73.7 cm³/mol. The van der Waals surface area contributed by atoms with E-state index in [1.54, 1.807) is 25.2 Å². The maximum atomic E-state index is 11.2. The summed E-state index contributed by atoms with van der Waals surface area (Å²) < 4.78 is 0. The maximum Gasteiger partial charge on any atom is 0.374 e. The second-order valence-corrected chi connectivity index (χ2v) is 4.07. The van der Waals surface area contributed by atoms with Crippen molar-refractivity contribution in [1.29, 1.82) is 0 Å². The number of carbonyl (C=O) groups is 2. The van der Waals surface area contributed by atoms with Gasteiger partial charge in [-0.3, -0.25) is 4.79 Å². The minimum atomic E-state index is -1.19. The van der Waals surface area contributed by atoms with Crippen LogP contribution in [0.1, 0.15) is 17.0 Å². The summed E-state index contributed by atoms with van der Waals surface area (Å²) in [6.07, 6.45) is 0.275. The smallest absolute Gasteiger partial charge is 0.374 e. The van der Waals surface area contributed by atoms with Crippen LogP contribution in [0, 0.1) is 0 Å². The molecule has 0 aliphatic rings. The first-order chi connectivity index (χ1) is 9.61. The van der Waals surface area contributed by atoms with Crippen molar-refractivity contribution in [2.45, 2.75) is 6.42 Å². The molecule has 104 valence electrons. The van der Waals surface area contributed by atoms with E-state index in [4.69, 9.17) is 5.11 Å². The predicted octanol–water partition coefficient (Wildman–Crippen LogP) is 0.876. The van der Waals surface area contributed by atoms with Gasteiger partial charge in [0.25, 0.3) is 0 Å². The SMILES string of the molecule is CNC(=O)CCNc1nc(C(=O)O)nc2ccccc12. The van der Waals surface area contributed by atoms with E-state index < -0.39 is 5.97 Å². The highest BCUT2D eigenvalue weighted by Crippen LogP contribution is 2.19. The summed E-state index contributed by atoms with van der Waals surface area (Å²) in [7, 11) is 1.56. The Bertz CT molecular complexity index is 657. The van der Waals surface area contributed by atoms with E-state index in [0.29, 0.717) is 17.9 Å². The van der Waals surface area contributed by atoms with Crippen molar-refractivity contribution in [3.05, 3.63) is 30.1 Å². The molecule has 2 aromatic rings. The lowest BCUT2D eigenvalue weighted by Gasteiger charge is -2.09. The van der Waals surface area contributed by atoms with Crippen molar-refractivity contribution in [2.24, 2.45) is 0 Å². The first kappa shape index (κ1) is 13.7. The summed E-state index contributed by atoms with van der Waals surface area (Å²) in [5.74, 6) is -1.15. The third-order valence-corrected chi connectivity index (χ3v) is 2.72. The standard InChI is InChI=1S/C13H14N4O3/c1-14-10(18)6-7-15-11-8-4-2-3-5-9(8)16-12(17-11)13(19)20/h2-5H,6-7H2,1H3,(H,14,18)(H,19,20)(H,15,16,17). The number of anilines is 1. The molecule has 1 heterocycles. The number of carboxylic acid groups (broad SMARTS) is 1. The zero-order chi connectivity index (χ0) is 14.5. The van der Waals surface area contributed by atoms with E-state index in [0.717, 1.165) is 5.39 Å². The molecule has 1 amide bonds. The van der Waals surface area contributed by atoms with Gasteiger partial charge in [0.2, 0.25) is 11.7 Å². The van der Waals surface area contributed by atoms with Gasteiger partial charge in [-0.25, -0.2) is 14.8 Å². The van der Waals surface area contributed by atoms with Gasteiger partial charge >= 0.3 is 5.97 Å². The van der Waals surface area contributed by atoms with Crippen LogP contribution < -0.4 is 10.6 Å². The van der Waals surface area contributed by atoms with E-state index in [1.165, 1.54) is 0 Å². The van der Waals surface area contributed by atoms with Gasteiger partial charge in [0.15, 0.2) is 0 Å². The number of nitrogens with zero attached hydrogens (tertiary/aromatic N) is 2. The molecule has 0 radical (unpaired) electrons. The number of amides is 1. The Morgan fingerprint density at radius 1 is 1.25 bits per heavy atom. The first-order valence-corrected chi connectivity index (χ1v) is 6.06. The van der Waals surface area contributed by atoms with Crippen molar-refractivity contribution >= 4 is 28.6 Å². The van der Waals surface area contributed by atoms with Crippen molar-refractivity contribution in [3.63, 3.8) is 0 Å². The van der Waals surface area contributed by atoms with Crippen molar-refractivity contribution < 1.29 is 14.7 Å². The van der Waals surface area contributed by atoms with Crippen LogP contribution in [-0.2, 0) is 4.79 Å². The number of hydrogen-bond acceptors (Lipinski definition) is 5. The fraction of sp³-hybridized carbons (Fsp3) is 0.231. The van der Waals surface area contributed by atoms with Gasteiger partial charge < -0.3 is 15.7 Å². The van der Waals surface area contributed by atoms with Crippen LogP contribution in [0.25, 0.3) is 10.9 Å². The molecule has 0 atom stereocenters. The Hall–Kier alpha value is -2.70. The van der Waals surface area contributed by atoms with E-state index in [1.807, 2.05) is 6.07 Å². The summed E-state index contributed by atoms with van der Waals surface area (Å²) in [6.45, 7) is 0.361. The summed E-state index contributed by atoms with van der Waals surface area (Å²) in [4.78, 5) is 30.1. The molecule has 20 heavy (non-hydrogen) atoms. The quantitative estimate of drug-likeness (QED) is 0.747. The molecule has 0 aliphatic heterocycles. The minimum Gasteiger partial charge on any atom is -0.475 e. The monoisotopic (exact) mass is 274 g/mol. The number of nitrogens with one attached hydrogen (secondary N) is 2. The van der Waals surface area contributed by atoms with Crippen molar-refractivity contribution in [2.75, 3.05) is 18.9 Å². The summed E-state index contributed by atoms with van der Waals surface area (Å²) in [5, 5.41) is 15.2. The zero-order valence-electron chi connectivity index (χ0n) is 10.9. The highest BCUT2D eigenvalue weighted by atomic mass is 16.4. The Balaban J connectivity index is 2.30. The molecule has 1 aromatic heterocycles. The molecule has 0 saturated carbocycles. The summed E-state index contributed by atoms with van der Waals surface area (Å²) in [5.41, 5.74) is 0.544. The number of benzene rings is 1. The number of hydrogen-bond donors (Lipinski definition) is 3. The molecule has 0 fully saturated rings. The molecule has 7 nitrogen and oxygen atoms in total. The summed E-state index contributed by atoms with van der Waals surface area (Å²) >= 11 is 0. The van der Waals surface area contributed by atoms with Gasteiger partial charge in [0.05, 0.1) is 5.52 Å². The third kappa shape index (κ3) is 3.00. The molecular formula is C13H14N4O3. The normalized spacial score (nSPS) is 10.2. The highest BCUT2D eigenvalue weighted by Gasteiger charge is 2.12. The van der Waals surface area contributed by atoms with Gasteiger partial charge in [-0.15, -0.1) is 0 Å². The lowest BCUT2D eigenvalue weighted by Crippen LogP contribution is -2.21. The van der Waals surface area contributed by atoms with Gasteiger partial charge in [0, 0.05) is 25.4 Å². The lowest BCUT2D eigenvalue weighted by molar-refractivity contribution is -0.120. The average molecular weight is 274 g/mol. The van der Waals surface area contributed by atoms with Crippen LogP contribution >= 0.6 is 0 Å². The third-order valence-electron chi connectivity index (χ3n) is 2.72. The molecule has 3 N–H and O–H groups in total. The fourth-order valence-corrected chi connectivity index (χ4v) is 1.73. The molecule has 0 saturated heterocycles. The number of carbonyl (C=O) groups excluding carboxylic acids is 1. The Kier molecular flexibility index (Phi) is 4.09. The van der Waals surface area contributed by atoms with Crippen LogP contribution in [0.3, 0.4) is 0 Å². The van der Waals surface area contributed by atoms with Crippen molar-refractivity contribution in [3.8, 4) is 0 Å². The number of aromatic carboxylic acids is 1. The number of fused-ring (bicyclic) bond motifs is 1. The summed E-state index contributed by atoms with van der Waals surface area (Å²) in [6, 6.07) is 7.10. The van der Waals surface area contributed by atoms with Crippen LogP contribution in [-0.4, -0.2) is 40.5 Å². The second-order valence-electron chi connectivity index (χ2n) is 4.07. The molecule has 2 rings (SSSR count). The Morgan fingerprint density at radius 2 is 2.00 bits per heavy atom. The van der Waals surface area contributed by atoms with Crippen LogP contribution in [0.2, 0.25) is 0 Å². The van der Waals surface area contributed by atoms with Gasteiger partial charge in [-0.1, -0.05) is 12.1 Å². The number of para-hydroxylation sites is 1. The first-order valence-electron chi connectivity index (χ1n) is 6.06. The molecule has 0 spiro atoms. The van der Waals surface area contributed by atoms with Crippen LogP contribution in [0.4, 0.5) is 5.82 Å². The Morgan fingerprint density at radius 3 is 2.70 bits per heavy atom. The van der Waals surface area contributed by atoms with E-state index in [-0.39, 0.29) is 18.2 Å². The minimum absolute atomic E-state index is 0.102. The van der Waals surface area contributed by atoms with Crippen molar-refractivity contribution in [1.82, 2.24) is 15.3 Å². The number of rotatable bonds is 5.